The Balaban J connectivity index is 2.14. The van der Waals surface area contributed by atoms with Gasteiger partial charge in [0, 0.05) is 7.11 Å². The molecule has 1 aromatic rings. The average molecular weight is 248 g/mol. The Morgan fingerprint density at radius 3 is 2.39 bits per heavy atom. The standard InChI is InChI=1S/C15H20O3/c1-11(18-2)10-12-4-6-13(7-5-12)15(14(16)17)8-3-9-15/h4-7,11H,3,8-10H2,1-2H3,(H,16,17). The Hall–Kier alpha value is -1.35. The zero-order valence-electron chi connectivity index (χ0n) is 11.0. The lowest BCUT2D eigenvalue weighted by Crippen LogP contribution is -2.42. The fourth-order valence-corrected chi connectivity index (χ4v) is 2.53. The summed E-state index contributed by atoms with van der Waals surface area (Å²) in [5, 5.41) is 9.37. The molecule has 1 unspecified atom stereocenters. The molecule has 0 bridgehead atoms. The Labute approximate surface area is 108 Å². The Morgan fingerprint density at radius 1 is 1.39 bits per heavy atom. The third-order valence-corrected chi connectivity index (χ3v) is 4.05. The minimum absolute atomic E-state index is 0.188. The van der Waals surface area contributed by atoms with Crippen molar-refractivity contribution in [3.63, 3.8) is 0 Å². The van der Waals surface area contributed by atoms with E-state index in [-0.39, 0.29) is 6.10 Å². The third kappa shape index (κ3) is 2.27. The smallest absolute Gasteiger partial charge is 0.314 e. The molecule has 0 spiro atoms. The second-order valence-corrected chi connectivity index (χ2v) is 5.19. The van der Waals surface area contributed by atoms with Gasteiger partial charge in [-0.3, -0.25) is 4.79 Å². The Kier molecular flexibility index (Phi) is 3.71. The van der Waals surface area contributed by atoms with E-state index in [4.69, 9.17) is 4.74 Å². The first-order valence-electron chi connectivity index (χ1n) is 6.44. The van der Waals surface area contributed by atoms with Gasteiger partial charge in [-0.05, 0) is 37.3 Å². The van der Waals surface area contributed by atoms with Gasteiger partial charge >= 0.3 is 5.97 Å². The highest BCUT2D eigenvalue weighted by Crippen LogP contribution is 2.43. The molecule has 0 amide bonds. The molecule has 3 nitrogen and oxygen atoms in total. The monoisotopic (exact) mass is 248 g/mol. The number of aliphatic carboxylic acids is 1. The van der Waals surface area contributed by atoms with Crippen molar-refractivity contribution in [2.75, 3.05) is 7.11 Å². The third-order valence-electron chi connectivity index (χ3n) is 4.05. The first-order valence-corrected chi connectivity index (χ1v) is 6.44. The molecule has 1 aliphatic rings. The molecule has 1 aliphatic carbocycles. The Bertz CT molecular complexity index is 418. The van der Waals surface area contributed by atoms with Crippen LogP contribution in [0.25, 0.3) is 0 Å². The van der Waals surface area contributed by atoms with E-state index in [1.165, 1.54) is 5.56 Å². The van der Waals surface area contributed by atoms with Gasteiger partial charge in [-0.2, -0.15) is 0 Å². The van der Waals surface area contributed by atoms with Crippen molar-refractivity contribution in [2.45, 2.75) is 44.1 Å². The summed E-state index contributed by atoms with van der Waals surface area (Å²) in [4.78, 5) is 11.4. The zero-order valence-corrected chi connectivity index (χ0v) is 11.0. The van der Waals surface area contributed by atoms with Crippen LogP contribution in [-0.2, 0) is 21.4 Å². The summed E-state index contributed by atoms with van der Waals surface area (Å²) in [7, 11) is 1.70. The highest BCUT2D eigenvalue weighted by molar-refractivity contribution is 5.82. The van der Waals surface area contributed by atoms with Crippen molar-refractivity contribution >= 4 is 5.97 Å². The van der Waals surface area contributed by atoms with Crippen LogP contribution >= 0.6 is 0 Å². The van der Waals surface area contributed by atoms with Gasteiger partial charge in [-0.25, -0.2) is 0 Å². The summed E-state index contributed by atoms with van der Waals surface area (Å²) in [6.07, 6.45) is 3.57. The summed E-state index contributed by atoms with van der Waals surface area (Å²) >= 11 is 0. The molecule has 0 aromatic heterocycles. The number of carbonyl (C=O) groups is 1. The van der Waals surface area contributed by atoms with Gasteiger partial charge in [0.05, 0.1) is 11.5 Å². The van der Waals surface area contributed by atoms with Crippen molar-refractivity contribution in [3.05, 3.63) is 35.4 Å². The molecule has 0 saturated heterocycles. The molecule has 18 heavy (non-hydrogen) atoms. The average Bonchev–Trinajstić information content (AvgIpc) is 2.29. The number of carboxylic acid groups (broad SMARTS) is 1. The van der Waals surface area contributed by atoms with Gasteiger partial charge in [0.2, 0.25) is 0 Å². The SMILES string of the molecule is COC(C)Cc1ccc(C2(C(=O)O)CCC2)cc1. The van der Waals surface area contributed by atoms with Crippen molar-refractivity contribution in [2.24, 2.45) is 0 Å². The minimum atomic E-state index is -0.688. The van der Waals surface area contributed by atoms with Crippen LogP contribution in [-0.4, -0.2) is 24.3 Å². The number of hydrogen-bond acceptors (Lipinski definition) is 2. The molecule has 0 heterocycles. The molecule has 1 atom stereocenters. The van der Waals surface area contributed by atoms with E-state index < -0.39 is 11.4 Å². The molecule has 0 aliphatic heterocycles. The Morgan fingerprint density at radius 2 is 2.00 bits per heavy atom. The van der Waals surface area contributed by atoms with Crippen molar-refractivity contribution in [1.82, 2.24) is 0 Å². The maximum atomic E-state index is 11.4. The van der Waals surface area contributed by atoms with Gasteiger partial charge in [-0.15, -0.1) is 0 Å². The topological polar surface area (TPSA) is 46.5 Å². The number of carboxylic acids is 1. The fourth-order valence-electron chi connectivity index (χ4n) is 2.53. The normalized spacial score (nSPS) is 19.0. The molecule has 0 radical (unpaired) electrons. The van der Waals surface area contributed by atoms with E-state index in [0.717, 1.165) is 31.2 Å². The number of ether oxygens (including phenoxy) is 1. The molecule has 1 N–H and O–H groups in total. The molecule has 3 heteroatoms. The van der Waals surface area contributed by atoms with Gasteiger partial charge in [-0.1, -0.05) is 30.7 Å². The highest BCUT2D eigenvalue weighted by Gasteiger charge is 2.45. The second-order valence-electron chi connectivity index (χ2n) is 5.19. The van der Waals surface area contributed by atoms with E-state index in [0.29, 0.717) is 0 Å². The van der Waals surface area contributed by atoms with E-state index in [2.05, 4.69) is 0 Å². The van der Waals surface area contributed by atoms with Crippen LogP contribution in [0.2, 0.25) is 0 Å². The highest BCUT2D eigenvalue weighted by atomic mass is 16.5. The van der Waals surface area contributed by atoms with Crippen LogP contribution in [0.5, 0.6) is 0 Å². The maximum Gasteiger partial charge on any atom is 0.314 e. The largest absolute Gasteiger partial charge is 0.481 e. The van der Waals surface area contributed by atoms with Crippen molar-refractivity contribution in [3.8, 4) is 0 Å². The predicted octanol–water partition coefficient (Wildman–Crippen LogP) is 2.77. The number of benzene rings is 1. The van der Waals surface area contributed by atoms with Crippen LogP contribution in [0.3, 0.4) is 0 Å². The molecular weight excluding hydrogens is 228 g/mol. The number of methoxy groups -OCH3 is 1. The fraction of sp³-hybridized carbons (Fsp3) is 0.533. The van der Waals surface area contributed by atoms with Crippen LogP contribution in [0, 0.1) is 0 Å². The summed E-state index contributed by atoms with van der Waals surface area (Å²) in [6, 6.07) is 7.97. The van der Waals surface area contributed by atoms with Crippen LogP contribution in [0.1, 0.15) is 37.3 Å². The first-order chi connectivity index (χ1) is 8.58. The molecule has 98 valence electrons. The summed E-state index contributed by atoms with van der Waals surface area (Å²) < 4.78 is 5.23. The predicted molar refractivity (Wildman–Crippen MR) is 69.8 cm³/mol. The van der Waals surface area contributed by atoms with E-state index in [1.54, 1.807) is 7.11 Å². The van der Waals surface area contributed by atoms with E-state index in [1.807, 2.05) is 31.2 Å². The lowest BCUT2D eigenvalue weighted by Gasteiger charge is -2.38. The van der Waals surface area contributed by atoms with Gasteiger partial charge < -0.3 is 9.84 Å². The number of rotatable bonds is 5. The zero-order chi connectivity index (χ0) is 13.2. The quantitative estimate of drug-likeness (QED) is 0.871. The lowest BCUT2D eigenvalue weighted by molar-refractivity contribution is -0.147. The van der Waals surface area contributed by atoms with Crippen molar-refractivity contribution in [1.29, 1.82) is 0 Å². The molecule has 1 aromatic carbocycles. The number of hydrogen-bond donors (Lipinski definition) is 1. The molecule has 1 saturated carbocycles. The van der Waals surface area contributed by atoms with Gasteiger partial charge in [0.1, 0.15) is 0 Å². The van der Waals surface area contributed by atoms with Crippen LogP contribution in [0.4, 0.5) is 0 Å². The summed E-state index contributed by atoms with van der Waals surface area (Å²) in [5.74, 6) is -0.688. The summed E-state index contributed by atoms with van der Waals surface area (Å²) in [5.41, 5.74) is 1.51. The first kappa shape index (κ1) is 13.1. The van der Waals surface area contributed by atoms with Crippen molar-refractivity contribution < 1.29 is 14.6 Å². The van der Waals surface area contributed by atoms with Crippen LogP contribution in [0.15, 0.2) is 24.3 Å². The maximum absolute atomic E-state index is 11.4. The van der Waals surface area contributed by atoms with E-state index >= 15 is 0 Å². The molecule has 1 fully saturated rings. The lowest BCUT2D eigenvalue weighted by atomic mass is 9.64. The van der Waals surface area contributed by atoms with Gasteiger partial charge in [0.15, 0.2) is 0 Å². The van der Waals surface area contributed by atoms with Crippen LogP contribution < -0.4 is 0 Å². The molecule has 2 rings (SSSR count). The van der Waals surface area contributed by atoms with E-state index in [9.17, 15) is 9.90 Å². The van der Waals surface area contributed by atoms with Gasteiger partial charge in [0.25, 0.3) is 0 Å². The summed E-state index contributed by atoms with van der Waals surface area (Å²) in [6.45, 7) is 2.03. The second kappa shape index (κ2) is 5.11. The molecular formula is C15H20O3. The minimum Gasteiger partial charge on any atom is -0.481 e.